The molecule has 29 heavy (non-hydrogen) atoms. The molecule has 0 unspecified atom stereocenters. The minimum absolute atomic E-state index is 0.0742. The lowest BCUT2D eigenvalue weighted by Crippen LogP contribution is -2.56. The third-order valence-electron chi connectivity index (χ3n) is 4.96. The second-order valence-corrected chi connectivity index (χ2v) is 7.13. The third-order valence-corrected chi connectivity index (χ3v) is 4.96. The lowest BCUT2D eigenvalue weighted by molar-refractivity contribution is -0.133. The Morgan fingerprint density at radius 2 is 2.10 bits per heavy atom. The average molecular weight is 393 g/mol. The van der Waals surface area contributed by atoms with Crippen LogP contribution in [0.5, 0.6) is 0 Å². The summed E-state index contributed by atoms with van der Waals surface area (Å²) in [6.45, 7) is 2.59. The first kappa shape index (κ1) is 20.7. The van der Waals surface area contributed by atoms with Crippen LogP contribution in [0, 0.1) is 0 Å². The molecule has 1 aliphatic rings. The highest BCUT2D eigenvalue weighted by atomic mass is 16.2. The van der Waals surface area contributed by atoms with Gasteiger partial charge in [-0.1, -0.05) is 48.6 Å². The summed E-state index contributed by atoms with van der Waals surface area (Å²) in [7, 11) is 0. The molecule has 0 bridgehead atoms. The number of nitrogens with zero attached hydrogens (tertiary/aromatic N) is 2. The van der Waals surface area contributed by atoms with Crippen molar-refractivity contribution >= 4 is 17.9 Å². The topological polar surface area (TPSA) is 74.3 Å². The lowest BCUT2D eigenvalue weighted by Gasteiger charge is -2.33. The number of carbonyl (C=O) groups excluding carboxylic acids is 2. The fraction of sp³-hybridized carbons (Fsp3) is 0.348. The molecule has 2 N–H and O–H groups in total. The summed E-state index contributed by atoms with van der Waals surface area (Å²) in [5.74, 6) is -0.162. The van der Waals surface area contributed by atoms with Crippen LogP contribution in [0.3, 0.4) is 0 Å². The van der Waals surface area contributed by atoms with Crippen LogP contribution < -0.4 is 10.6 Å². The summed E-state index contributed by atoms with van der Waals surface area (Å²) in [5.41, 5.74) is 2.28. The van der Waals surface area contributed by atoms with Gasteiger partial charge in [-0.05, 0) is 30.0 Å². The van der Waals surface area contributed by atoms with Gasteiger partial charge in [0.25, 0.3) is 0 Å². The molecule has 1 aromatic heterocycles. The third kappa shape index (κ3) is 6.84. The Labute approximate surface area is 172 Å². The number of aryl methyl sites for hydroxylation is 1. The van der Waals surface area contributed by atoms with Crippen LogP contribution in [-0.2, 0) is 16.0 Å². The number of amides is 2. The molecule has 2 aromatic rings. The predicted octanol–water partition coefficient (Wildman–Crippen LogP) is 2.03. The zero-order valence-corrected chi connectivity index (χ0v) is 16.6. The SMILES string of the molecule is O=C(C[C@@H]1C(=O)NCCN1C/C=C/c1ccccc1)NCCCc1cccnc1. The molecule has 152 valence electrons. The molecule has 0 spiro atoms. The van der Waals surface area contributed by atoms with Crippen LogP contribution in [0.4, 0.5) is 0 Å². The van der Waals surface area contributed by atoms with E-state index in [4.69, 9.17) is 0 Å². The van der Waals surface area contributed by atoms with Gasteiger partial charge in [0.05, 0.1) is 12.5 Å². The lowest BCUT2D eigenvalue weighted by atomic mass is 10.1. The van der Waals surface area contributed by atoms with Gasteiger partial charge in [0.1, 0.15) is 0 Å². The van der Waals surface area contributed by atoms with Gasteiger partial charge in [0, 0.05) is 38.6 Å². The van der Waals surface area contributed by atoms with Crippen molar-refractivity contribution in [3.8, 4) is 0 Å². The van der Waals surface area contributed by atoms with Crippen molar-refractivity contribution in [3.05, 3.63) is 72.1 Å². The Bertz CT molecular complexity index is 808. The first-order valence-corrected chi connectivity index (χ1v) is 10.1. The fourth-order valence-corrected chi connectivity index (χ4v) is 3.40. The van der Waals surface area contributed by atoms with Crippen molar-refractivity contribution in [2.75, 3.05) is 26.2 Å². The van der Waals surface area contributed by atoms with Crippen molar-refractivity contribution in [1.29, 1.82) is 0 Å². The number of rotatable bonds is 9. The summed E-state index contributed by atoms with van der Waals surface area (Å²) in [4.78, 5) is 30.8. The number of aromatic nitrogens is 1. The molecule has 2 heterocycles. The minimum atomic E-state index is -0.428. The highest BCUT2D eigenvalue weighted by molar-refractivity contribution is 5.88. The van der Waals surface area contributed by atoms with E-state index in [-0.39, 0.29) is 18.2 Å². The van der Waals surface area contributed by atoms with Gasteiger partial charge >= 0.3 is 0 Å². The molecule has 0 radical (unpaired) electrons. The predicted molar refractivity (Wildman–Crippen MR) is 114 cm³/mol. The largest absolute Gasteiger partial charge is 0.356 e. The molecule has 6 heteroatoms. The molecule has 1 fully saturated rings. The van der Waals surface area contributed by atoms with E-state index in [2.05, 4.69) is 20.5 Å². The minimum Gasteiger partial charge on any atom is -0.356 e. The summed E-state index contributed by atoms with van der Waals surface area (Å²) in [5, 5.41) is 5.81. The van der Waals surface area contributed by atoms with Crippen LogP contribution in [0.1, 0.15) is 24.0 Å². The van der Waals surface area contributed by atoms with Crippen molar-refractivity contribution in [2.45, 2.75) is 25.3 Å². The van der Waals surface area contributed by atoms with Crippen LogP contribution in [0.15, 0.2) is 60.9 Å². The van der Waals surface area contributed by atoms with E-state index in [1.807, 2.05) is 60.8 Å². The monoisotopic (exact) mass is 392 g/mol. The highest BCUT2D eigenvalue weighted by Crippen LogP contribution is 2.10. The van der Waals surface area contributed by atoms with Gasteiger partial charge < -0.3 is 10.6 Å². The number of carbonyl (C=O) groups is 2. The molecule has 1 aromatic carbocycles. The average Bonchev–Trinajstić information content (AvgIpc) is 2.75. The van der Waals surface area contributed by atoms with E-state index in [1.165, 1.54) is 0 Å². The molecular weight excluding hydrogens is 364 g/mol. The Morgan fingerprint density at radius 1 is 1.24 bits per heavy atom. The van der Waals surface area contributed by atoms with Crippen LogP contribution in [-0.4, -0.2) is 53.9 Å². The van der Waals surface area contributed by atoms with Gasteiger partial charge in [-0.2, -0.15) is 0 Å². The summed E-state index contributed by atoms with van der Waals surface area (Å²) >= 11 is 0. The summed E-state index contributed by atoms with van der Waals surface area (Å²) in [6.07, 6.45) is 9.58. The number of pyridine rings is 1. The molecule has 1 saturated heterocycles. The Morgan fingerprint density at radius 3 is 2.90 bits per heavy atom. The number of hydrogen-bond acceptors (Lipinski definition) is 4. The van der Waals surface area contributed by atoms with Crippen LogP contribution in [0.25, 0.3) is 6.08 Å². The maximum Gasteiger partial charge on any atom is 0.237 e. The van der Waals surface area contributed by atoms with E-state index >= 15 is 0 Å². The first-order chi connectivity index (χ1) is 14.2. The van der Waals surface area contributed by atoms with Gasteiger partial charge in [0.2, 0.25) is 11.8 Å². The van der Waals surface area contributed by atoms with Crippen molar-refractivity contribution in [3.63, 3.8) is 0 Å². The van der Waals surface area contributed by atoms with Gasteiger partial charge in [-0.3, -0.25) is 19.5 Å². The van der Waals surface area contributed by atoms with Gasteiger partial charge in [-0.15, -0.1) is 0 Å². The zero-order chi connectivity index (χ0) is 20.3. The maximum absolute atomic E-state index is 12.4. The number of hydrogen-bond donors (Lipinski definition) is 2. The second kappa shape index (κ2) is 11.1. The number of benzene rings is 1. The van der Waals surface area contributed by atoms with E-state index < -0.39 is 6.04 Å². The van der Waals surface area contributed by atoms with Gasteiger partial charge in [-0.25, -0.2) is 0 Å². The Hall–Kier alpha value is -2.99. The number of piperazine rings is 1. The molecule has 0 aliphatic carbocycles. The summed E-state index contributed by atoms with van der Waals surface area (Å²) < 4.78 is 0. The smallest absolute Gasteiger partial charge is 0.237 e. The molecule has 6 nitrogen and oxygen atoms in total. The van der Waals surface area contributed by atoms with E-state index in [0.29, 0.717) is 19.6 Å². The molecule has 1 atom stereocenters. The Balaban J connectivity index is 1.45. The molecule has 1 aliphatic heterocycles. The van der Waals surface area contributed by atoms with E-state index in [1.54, 1.807) is 6.20 Å². The molecule has 3 rings (SSSR count). The summed E-state index contributed by atoms with van der Waals surface area (Å²) in [6, 6.07) is 13.6. The van der Waals surface area contributed by atoms with Gasteiger partial charge in [0.15, 0.2) is 0 Å². The van der Waals surface area contributed by atoms with Crippen LogP contribution >= 0.6 is 0 Å². The quantitative estimate of drug-likeness (QED) is 0.641. The first-order valence-electron chi connectivity index (χ1n) is 10.1. The van der Waals surface area contributed by atoms with Crippen molar-refractivity contribution in [2.24, 2.45) is 0 Å². The number of nitrogens with one attached hydrogen (secondary N) is 2. The van der Waals surface area contributed by atoms with E-state index in [9.17, 15) is 9.59 Å². The molecular formula is C23H28N4O2. The second-order valence-electron chi connectivity index (χ2n) is 7.13. The standard InChI is InChI=1S/C23H28N4O2/c28-22(25-13-5-10-20-9-4-12-24-18-20)17-21-23(29)26-14-16-27(21)15-6-11-19-7-2-1-3-8-19/h1-4,6-9,11-12,18,21H,5,10,13-17H2,(H,25,28)(H,26,29)/b11-6+/t21-/m1/s1. The normalized spacial score (nSPS) is 17.2. The molecule has 0 saturated carbocycles. The zero-order valence-electron chi connectivity index (χ0n) is 16.6. The Kier molecular flexibility index (Phi) is 7.95. The van der Waals surface area contributed by atoms with Crippen molar-refractivity contribution < 1.29 is 9.59 Å². The fourth-order valence-electron chi connectivity index (χ4n) is 3.40. The van der Waals surface area contributed by atoms with Crippen molar-refractivity contribution in [1.82, 2.24) is 20.5 Å². The van der Waals surface area contributed by atoms with Crippen LogP contribution in [0.2, 0.25) is 0 Å². The molecule has 2 amide bonds. The van der Waals surface area contributed by atoms with E-state index in [0.717, 1.165) is 30.5 Å². The maximum atomic E-state index is 12.4. The highest BCUT2D eigenvalue weighted by Gasteiger charge is 2.30.